The summed E-state index contributed by atoms with van der Waals surface area (Å²) < 4.78 is 10.8. The molecule has 0 spiro atoms. The van der Waals surface area contributed by atoms with Crippen LogP contribution >= 0.6 is 0 Å². The summed E-state index contributed by atoms with van der Waals surface area (Å²) >= 11 is 0. The van der Waals surface area contributed by atoms with Gasteiger partial charge in [0, 0.05) is 31.1 Å². The van der Waals surface area contributed by atoms with Crippen LogP contribution in [0.2, 0.25) is 0 Å². The Kier molecular flexibility index (Phi) is 6.71. The molecular formula is C27H42O6. The smallest absolute Gasteiger partial charge is 0.305 e. The summed E-state index contributed by atoms with van der Waals surface area (Å²) in [7, 11) is 1.42. The van der Waals surface area contributed by atoms with Gasteiger partial charge < -0.3 is 14.6 Å². The summed E-state index contributed by atoms with van der Waals surface area (Å²) in [4.78, 5) is 37.7. The normalized spacial score (nSPS) is 45.4. The van der Waals surface area contributed by atoms with Gasteiger partial charge in [0.1, 0.15) is 11.9 Å². The van der Waals surface area contributed by atoms with Crippen molar-refractivity contribution < 1.29 is 29.0 Å². The highest BCUT2D eigenvalue weighted by molar-refractivity contribution is 5.87. The molecule has 0 saturated heterocycles. The zero-order valence-electron chi connectivity index (χ0n) is 21.0. The van der Waals surface area contributed by atoms with Gasteiger partial charge in [-0.05, 0) is 80.0 Å². The summed E-state index contributed by atoms with van der Waals surface area (Å²) in [5, 5.41) is 10.4. The van der Waals surface area contributed by atoms with E-state index in [1.807, 2.05) is 0 Å². The van der Waals surface area contributed by atoms with Crippen molar-refractivity contribution in [1.82, 2.24) is 0 Å². The average Bonchev–Trinajstić information content (AvgIpc) is 3.11. The van der Waals surface area contributed by atoms with Gasteiger partial charge in [0.15, 0.2) is 0 Å². The SMILES string of the molecule is COC(=O)CC[C@@H](C)[C@H]1CC[C@H]2[C@@H]3[C@H](OC(C)=O)C[C@@H]4C[C@H](O)CC[C@]4(C)[C@H]3CC(=O)[C@]12C. The first-order chi connectivity index (χ1) is 15.5. The molecule has 4 saturated carbocycles. The van der Waals surface area contributed by atoms with E-state index in [0.29, 0.717) is 18.6 Å². The fourth-order valence-corrected chi connectivity index (χ4v) is 8.82. The number of hydrogen-bond donors (Lipinski definition) is 1. The molecule has 0 unspecified atom stereocenters. The van der Waals surface area contributed by atoms with Crippen LogP contribution in [0, 0.1) is 46.3 Å². The zero-order chi connectivity index (χ0) is 24.1. The van der Waals surface area contributed by atoms with E-state index in [1.165, 1.54) is 14.0 Å². The molecular weight excluding hydrogens is 420 g/mol. The first-order valence-electron chi connectivity index (χ1n) is 13.0. The molecule has 10 atom stereocenters. The van der Waals surface area contributed by atoms with Crippen molar-refractivity contribution in [2.24, 2.45) is 46.3 Å². The predicted molar refractivity (Wildman–Crippen MR) is 123 cm³/mol. The number of carbonyl (C=O) groups is 3. The Morgan fingerprint density at radius 2 is 1.88 bits per heavy atom. The Labute approximate surface area is 198 Å². The maximum Gasteiger partial charge on any atom is 0.305 e. The van der Waals surface area contributed by atoms with Crippen LogP contribution in [-0.4, -0.2) is 42.1 Å². The number of carbonyl (C=O) groups excluding carboxylic acids is 3. The molecule has 6 heteroatoms. The van der Waals surface area contributed by atoms with E-state index < -0.39 is 5.41 Å². The van der Waals surface area contributed by atoms with E-state index in [1.54, 1.807) is 0 Å². The fourth-order valence-electron chi connectivity index (χ4n) is 8.82. The lowest BCUT2D eigenvalue weighted by Gasteiger charge is -2.62. The summed E-state index contributed by atoms with van der Waals surface area (Å²) in [6.45, 7) is 8.14. The third-order valence-corrected chi connectivity index (χ3v) is 10.6. The Morgan fingerprint density at radius 1 is 1.15 bits per heavy atom. The molecule has 0 aromatic heterocycles. The number of methoxy groups -OCH3 is 1. The minimum atomic E-state index is -0.438. The van der Waals surface area contributed by atoms with Gasteiger partial charge >= 0.3 is 11.9 Å². The molecule has 0 radical (unpaired) electrons. The van der Waals surface area contributed by atoms with E-state index in [4.69, 9.17) is 9.47 Å². The number of Topliss-reactive ketones (excluding diaryl/α,β-unsaturated/α-hetero) is 1. The Hall–Kier alpha value is -1.43. The van der Waals surface area contributed by atoms with Crippen LogP contribution in [0.4, 0.5) is 0 Å². The number of ether oxygens (including phenoxy) is 2. The van der Waals surface area contributed by atoms with Crippen LogP contribution in [0.15, 0.2) is 0 Å². The number of hydrogen-bond acceptors (Lipinski definition) is 6. The molecule has 186 valence electrons. The van der Waals surface area contributed by atoms with Gasteiger partial charge in [-0.15, -0.1) is 0 Å². The quantitative estimate of drug-likeness (QED) is 0.612. The minimum Gasteiger partial charge on any atom is -0.469 e. The molecule has 1 N–H and O–H groups in total. The van der Waals surface area contributed by atoms with Crippen LogP contribution in [0.1, 0.15) is 85.5 Å². The lowest BCUT2D eigenvalue weighted by Crippen LogP contribution is -2.61. The lowest BCUT2D eigenvalue weighted by molar-refractivity contribution is -0.194. The highest BCUT2D eigenvalue weighted by atomic mass is 16.5. The van der Waals surface area contributed by atoms with Gasteiger partial charge in [-0.3, -0.25) is 14.4 Å². The largest absolute Gasteiger partial charge is 0.469 e. The highest BCUT2D eigenvalue weighted by Crippen LogP contribution is 2.67. The van der Waals surface area contributed by atoms with Crippen LogP contribution in [0.25, 0.3) is 0 Å². The molecule has 0 amide bonds. The van der Waals surface area contributed by atoms with E-state index in [-0.39, 0.29) is 65.1 Å². The van der Waals surface area contributed by atoms with Crippen molar-refractivity contribution in [3.8, 4) is 0 Å². The maximum atomic E-state index is 13.9. The third kappa shape index (κ3) is 4.04. The summed E-state index contributed by atoms with van der Waals surface area (Å²) in [5.41, 5.74) is -0.432. The van der Waals surface area contributed by atoms with E-state index in [0.717, 1.165) is 44.9 Å². The summed E-state index contributed by atoms with van der Waals surface area (Å²) in [5.74, 6) is 1.25. The average molecular weight is 463 g/mol. The van der Waals surface area contributed by atoms with Crippen molar-refractivity contribution in [3.05, 3.63) is 0 Å². The number of fused-ring (bicyclic) bond motifs is 5. The molecule has 0 bridgehead atoms. The van der Waals surface area contributed by atoms with Gasteiger partial charge in [0.05, 0.1) is 13.2 Å². The van der Waals surface area contributed by atoms with E-state index in [9.17, 15) is 19.5 Å². The van der Waals surface area contributed by atoms with Crippen molar-refractivity contribution in [3.63, 3.8) is 0 Å². The summed E-state index contributed by atoms with van der Waals surface area (Å²) in [6, 6.07) is 0. The monoisotopic (exact) mass is 462 g/mol. The van der Waals surface area contributed by atoms with Crippen molar-refractivity contribution in [2.45, 2.75) is 97.7 Å². The molecule has 0 heterocycles. The molecule has 0 aromatic carbocycles. The summed E-state index contributed by atoms with van der Waals surface area (Å²) in [6.07, 6.45) is 6.37. The van der Waals surface area contributed by atoms with Crippen molar-refractivity contribution >= 4 is 17.7 Å². The fraction of sp³-hybridized carbons (Fsp3) is 0.889. The number of aliphatic hydroxyl groups excluding tert-OH is 1. The Morgan fingerprint density at radius 3 is 2.55 bits per heavy atom. The topological polar surface area (TPSA) is 89.9 Å². The number of ketones is 1. The third-order valence-electron chi connectivity index (χ3n) is 10.6. The molecule has 0 aromatic rings. The standard InChI is InChI=1S/C27H42O6/c1-15(6-9-24(31)32-5)19-7-8-20-25-21(14-23(30)27(19,20)4)26(3)11-10-18(29)12-17(26)13-22(25)33-16(2)28/h15,17-22,25,29H,6-14H2,1-5H3/t15-,17+,18-,19-,20+,21+,22-,25+,26+,27-/m1/s1. The molecule has 4 aliphatic rings. The van der Waals surface area contributed by atoms with Gasteiger partial charge in [-0.2, -0.15) is 0 Å². The van der Waals surface area contributed by atoms with Crippen LogP contribution in [0.3, 0.4) is 0 Å². The zero-order valence-corrected chi connectivity index (χ0v) is 21.0. The Bertz CT molecular complexity index is 793. The van der Waals surface area contributed by atoms with Crippen LogP contribution in [0.5, 0.6) is 0 Å². The molecule has 4 rings (SSSR count). The first kappa shape index (κ1) is 24.7. The van der Waals surface area contributed by atoms with Crippen LogP contribution in [-0.2, 0) is 23.9 Å². The lowest BCUT2D eigenvalue weighted by atomic mass is 9.43. The molecule has 33 heavy (non-hydrogen) atoms. The number of esters is 2. The van der Waals surface area contributed by atoms with Gasteiger partial charge in [0.25, 0.3) is 0 Å². The van der Waals surface area contributed by atoms with Crippen molar-refractivity contribution in [1.29, 1.82) is 0 Å². The molecule has 6 nitrogen and oxygen atoms in total. The van der Waals surface area contributed by atoms with Gasteiger partial charge in [-0.1, -0.05) is 20.8 Å². The van der Waals surface area contributed by atoms with E-state index in [2.05, 4.69) is 20.8 Å². The second kappa shape index (κ2) is 8.98. The van der Waals surface area contributed by atoms with Crippen molar-refractivity contribution in [2.75, 3.05) is 7.11 Å². The second-order valence-electron chi connectivity index (χ2n) is 12.0. The molecule has 4 aliphatic carbocycles. The maximum absolute atomic E-state index is 13.9. The predicted octanol–water partition coefficient (Wildman–Crippen LogP) is 4.32. The van der Waals surface area contributed by atoms with Crippen LogP contribution < -0.4 is 0 Å². The second-order valence-corrected chi connectivity index (χ2v) is 12.0. The van der Waals surface area contributed by atoms with E-state index >= 15 is 0 Å². The van der Waals surface area contributed by atoms with Gasteiger partial charge in [0.2, 0.25) is 0 Å². The molecule has 4 fully saturated rings. The minimum absolute atomic E-state index is 0.00607. The van der Waals surface area contributed by atoms with Gasteiger partial charge in [-0.25, -0.2) is 0 Å². The Balaban J connectivity index is 1.65. The number of rotatable bonds is 5. The number of aliphatic hydroxyl groups is 1. The molecule has 0 aliphatic heterocycles. The highest BCUT2D eigenvalue weighted by Gasteiger charge is 2.66. The first-order valence-corrected chi connectivity index (χ1v) is 13.0.